The molecule has 1 aromatic heterocycles. The third-order valence-corrected chi connectivity index (χ3v) is 2.70. The van der Waals surface area contributed by atoms with E-state index in [2.05, 4.69) is 9.97 Å². The maximum Gasteiger partial charge on any atom is 0.360 e. The Morgan fingerprint density at radius 1 is 0.900 bits per heavy atom. The highest BCUT2D eigenvalue weighted by Gasteiger charge is 2.17. The molecule has 2 aromatic carbocycles. The Bertz CT molecular complexity index is 772. The van der Waals surface area contributed by atoms with E-state index in [1.54, 1.807) is 42.5 Å². The van der Waals surface area contributed by atoms with Crippen molar-refractivity contribution in [1.82, 2.24) is 9.97 Å². The number of hydrogen-bond acceptors (Lipinski definition) is 4. The number of ether oxygens (including phenoxy) is 1. The normalized spacial score (nSPS) is 10.4. The number of nitrogens with zero attached hydrogens (tertiary/aromatic N) is 2. The topological polar surface area (TPSA) is 72.3 Å². The summed E-state index contributed by atoms with van der Waals surface area (Å²) < 4.78 is 5.52. The molecule has 0 spiro atoms. The molecule has 0 radical (unpaired) electrons. The molecular weight excluding hydrogens is 256 g/mol. The van der Waals surface area contributed by atoms with Gasteiger partial charge in [-0.3, -0.25) is 0 Å². The van der Waals surface area contributed by atoms with Gasteiger partial charge in [0, 0.05) is 0 Å². The van der Waals surface area contributed by atoms with Crippen molar-refractivity contribution < 1.29 is 14.6 Å². The predicted molar refractivity (Wildman–Crippen MR) is 73.0 cm³/mol. The van der Waals surface area contributed by atoms with Crippen molar-refractivity contribution in [1.29, 1.82) is 0 Å². The Kier molecular flexibility index (Phi) is 3.01. The van der Waals surface area contributed by atoms with Crippen LogP contribution in [0.3, 0.4) is 0 Å². The Balaban J connectivity index is 2.12. The van der Waals surface area contributed by atoms with E-state index in [1.165, 1.54) is 0 Å². The Morgan fingerprint density at radius 2 is 1.50 bits per heavy atom. The van der Waals surface area contributed by atoms with Crippen molar-refractivity contribution in [3.8, 4) is 11.6 Å². The zero-order valence-electron chi connectivity index (χ0n) is 10.4. The smallest absolute Gasteiger partial charge is 0.360 e. The summed E-state index contributed by atoms with van der Waals surface area (Å²) in [5.74, 6) is -0.670. The van der Waals surface area contributed by atoms with Gasteiger partial charge in [0.05, 0.1) is 11.0 Å². The largest absolute Gasteiger partial charge is 0.476 e. The molecule has 5 nitrogen and oxygen atoms in total. The molecule has 20 heavy (non-hydrogen) atoms. The van der Waals surface area contributed by atoms with Crippen LogP contribution in [0.4, 0.5) is 0 Å². The summed E-state index contributed by atoms with van der Waals surface area (Å²) in [5, 5.41) is 9.22. The lowest BCUT2D eigenvalue weighted by Crippen LogP contribution is -2.05. The van der Waals surface area contributed by atoms with E-state index < -0.39 is 5.97 Å². The first-order valence-electron chi connectivity index (χ1n) is 5.97. The number of aromatic carboxylic acids is 1. The van der Waals surface area contributed by atoms with E-state index in [4.69, 9.17) is 4.74 Å². The highest BCUT2D eigenvalue weighted by molar-refractivity contribution is 5.91. The number of fused-ring (bicyclic) bond motifs is 1. The predicted octanol–water partition coefficient (Wildman–Crippen LogP) is 3.12. The second-order valence-corrected chi connectivity index (χ2v) is 4.09. The molecule has 0 fully saturated rings. The summed E-state index contributed by atoms with van der Waals surface area (Å²) in [6, 6.07) is 15.9. The standard InChI is InChI=1S/C15H10N2O3/c18-15(19)13-14(20-10-6-2-1-3-7-10)17-12-9-5-4-8-11(12)16-13/h1-9H,(H,18,19). The van der Waals surface area contributed by atoms with Crippen LogP contribution in [0, 0.1) is 0 Å². The molecule has 0 saturated carbocycles. The fraction of sp³-hybridized carbons (Fsp3) is 0. The average molecular weight is 266 g/mol. The van der Waals surface area contributed by atoms with E-state index in [1.807, 2.05) is 12.1 Å². The monoisotopic (exact) mass is 266 g/mol. The number of rotatable bonds is 3. The maximum atomic E-state index is 11.3. The van der Waals surface area contributed by atoms with Gasteiger partial charge in [-0.2, -0.15) is 0 Å². The highest BCUT2D eigenvalue weighted by atomic mass is 16.5. The third kappa shape index (κ3) is 2.29. The summed E-state index contributed by atoms with van der Waals surface area (Å²) in [5.41, 5.74) is 0.904. The first kappa shape index (κ1) is 12.1. The number of carboxylic acids is 1. The van der Waals surface area contributed by atoms with Crippen LogP contribution in [0.25, 0.3) is 11.0 Å². The summed E-state index contributed by atoms with van der Waals surface area (Å²) in [4.78, 5) is 19.6. The van der Waals surface area contributed by atoms with Gasteiger partial charge < -0.3 is 9.84 Å². The molecule has 0 aliphatic heterocycles. The lowest BCUT2D eigenvalue weighted by atomic mass is 10.3. The van der Waals surface area contributed by atoms with Gasteiger partial charge in [-0.15, -0.1) is 0 Å². The lowest BCUT2D eigenvalue weighted by Gasteiger charge is -2.08. The minimum Gasteiger partial charge on any atom is -0.476 e. The van der Waals surface area contributed by atoms with Crippen LogP contribution in [-0.4, -0.2) is 21.0 Å². The number of carboxylic acid groups (broad SMARTS) is 1. The maximum absolute atomic E-state index is 11.3. The molecule has 5 heteroatoms. The molecule has 3 aromatic rings. The fourth-order valence-electron chi connectivity index (χ4n) is 1.79. The van der Waals surface area contributed by atoms with Gasteiger partial charge in [0.15, 0.2) is 0 Å². The molecule has 0 aliphatic carbocycles. The Morgan fingerprint density at radius 3 is 2.15 bits per heavy atom. The van der Waals surface area contributed by atoms with Crippen LogP contribution < -0.4 is 4.74 Å². The zero-order valence-corrected chi connectivity index (χ0v) is 10.4. The number of aromatic nitrogens is 2. The minimum atomic E-state index is -1.17. The first-order chi connectivity index (χ1) is 9.74. The van der Waals surface area contributed by atoms with Gasteiger partial charge in [-0.1, -0.05) is 30.3 Å². The molecule has 0 unspecified atom stereocenters. The summed E-state index contributed by atoms with van der Waals surface area (Å²) in [6.45, 7) is 0. The van der Waals surface area contributed by atoms with Crippen molar-refractivity contribution in [2.45, 2.75) is 0 Å². The molecule has 1 heterocycles. The van der Waals surface area contributed by atoms with Crippen LogP contribution in [-0.2, 0) is 0 Å². The van der Waals surface area contributed by atoms with Crippen molar-refractivity contribution in [2.24, 2.45) is 0 Å². The average Bonchev–Trinajstić information content (AvgIpc) is 2.47. The summed E-state index contributed by atoms with van der Waals surface area (Å²) in [6.07, 6.45) is 0. The fourth-order valence-corrected chi connectivity index (χ4v) is 1.79. The summed E-state index contributed by atoms with van der Waals surface area (Å²) in [7, 11) is 0. The van der Waals surface area contributed by atoms with Crippen LogP contribution in [0.2, 0.25) is 0 Å². The zero-order chi connectivity index (χ0) is 13.9. The van der Waals surface area contributed by atoms with E-state index in [0.29, 0.717) is 16.8 Å². The molecule has 98 valence electrons. The van der Waals surface area contributed by atoms with Gasteiger partial charge >= 0.3 is 5.97 Å². The summed E-state index contributed by atoms with van der Waals surface area (Å²) >= 11 is 0. The molecule has 0 amide bonds. The van der Waals surface area contributed by atoms with Crippen LogP contribution in [0.1, 0.15) is 10.5 Å². The second kappa shape index (κ2) is 4.97. The van der Waals surface area contributed by atoms with Gasteiger partial charge in [-0.05, 0) is 24.3 Å². The minimum absolute atomic E-state index is 0.0117. The van der Waals surface area contributed by atoms with Crippen LogP contribution in [0.5, 0.6) is 11.6 Å². The molecule has 3 rings (SSSR count). The van der Waals surface area contributed by atoms with Gasteiger partial charge in [0.1, 0.15) is 5.75 Å². The van der Waals surface area contributed by atoms with Crippen molar-refractivity contribution in [3.05, 3.63) is 60.3 Å². The number of benzene rings is 2. The van der Waals surface area contributed by atoms with E-state index >= 15 is 0 Å². The van der Waals surface area contributed by atoms with Gasteiger partial charge in [0.25, 0.3) is 5.88 Å². The van der Waals surface area contributed by atoms with Crippen molar-refractivity contribution in [2.75, 3.05) is 0 Å². The second-order valence-electron chi connectivity index (χ2n) is 4.09. The van der Waals surface area contributed by atoms with Gasteiger partial charge in [-0.25, -0.2) is 14.8 Å². The van der Waals surface area contributed by atoms with E-state index in [0.717, 1.165) is 0 Å². The van der Waals surface area contributed by atoms with Crippen molar-refractivity contribution >= 4 is 17.0 Å². The van der Waals surface area contributed by atoms with E-state index in [-0.39, 0.29) is 11.6 Å². The molecule has 0 saturated heterocycles. The quantitative estimate of drug-likeness (QED) is 0.788. The Hall–Kier alpha value is -2.95. The van der Waals surface area contributed by atoms with Gasteiger partial charge in [0.2, 0.25) is 5.69 Å². The lowest BCUT2D eigenvalue weighted by molar-refractivity contribution is 0.0687. The molecule has 0 aliphatic rings. The third-order valence-electron chi connectivity index (χ3n) is 2.70. The van der Waals surface area contributed by atoms with Crippen LogP contribution in [0.15, 0.2) is 54.6 Å². The van der Waals surface area contributed by atoms with E-state index in [9.17, 15) is 9.90 Å². The highest BCUT2D eigenvalue weighted by Crippen LogP contribution is 2.24. The van der Waals surface area contributed by atoms with Crippen LogP contribution >= 0.6 is 0 Å². The SMILES string of the molecule is O=C(O)c1nc2ccccc2nc1Oc1ccccc1. The molecule has 0 bridgehead atoms. The molecule has 0 atom stereocenters. The number of para-hydroxylation sites is 3. The number of carbonyl (C=O) groups is 1. The number of hydrogen-bond donors (Lipinski definition) is 1. The van der Waals surface area contributed by atoms with Crippen molar-refractivity contribution in [3.63, 3.8) is 0 Å². The molecule has 1 N–H and O–H groups in total. The Labute approximate surface area is 114 Å². The molecular formula is C15H10N2O3. The first-order valence-corrected chi connectivity index (χ1v) is 5.97.